The first-order chi connectivity index (χ1) is 7.16. The van der Waals surface area contributed by atoms with E-state index in [0.717, 1.165) is 10.7 Å². The van der Waals surface area contributed by atoms with E-state index in [9.17, 15) is 0 Å². The standard InChI is InChI=1S/C11H15N3S/c1-8(13-14-6-4-5-7-14)11-9(2)15-10(3)12-11/h4-8,13H,1-3H3. The number of hydrogen-bond donors (Lipinski definition) is 1. The van der Waals surface area contributed by atoms with E-state index in [-0.39, 0.29) is 6.04 Å². The first-order valence-electron chi connectivity index (χ1n) is 5.00. The molecular formula is C11H15N3S. The summed E-state index contributed by atoms with van der Waals surface area (Å²) in [4.78, 5) is 5.82. The maximum atomic E-state index is 4.53. The highest BCUT2D eigenvalue weighted by atomic mass is 32.1. The van der Waals surface area contributed by atoms with Crippen LogP contribution in [0.5, 0.6) is 0 Å². The van der Waals surface area contributed by atoms with Crippen molar-refractivity contribution in [2.45, 2.75) is 26.8 Å². The zero-order valence-electron chi connectivity index (χ0n) is 9.19. The highest BCUT2D eigenvalue weighted by Crippen LogP contribution is 2.22. The molecule has 0 spiro atoms. The first-order valence-corrected chi connectivity index (χ1v) is 5.82. The molecule has 0 amide bonds. The third kappa shape index (κ3) is 2.21. The molecule has 4 heteroatoms. The van der Waals surface area contributed by atoms with Crippen molar-refractivity contribution in [2.24, 2.45) is 0 Å². The molecule has 1 atom stereocenters. The van der Waals surface area contributed by atoms with Gasteiger partial charge in [-0.3, -0.25) is 4.68 Å². The molecule has 80 valence electrons. The summed E-state index contributed by atoms with van der Waals surface area (Å²) in [5.41, 5.74) is 4.50. The van der Waals surface area contributed by atoms with Crippen LogP contribution in [0, 0.1) is 13.8 Å². The fraction of sp³-hybridized carbons (Fsp3) is 0.364. The van der Waals surface area contributed by atoms with Gasteiger partial charge in [-0.1, -0.05) is 0 Å². The third-order valence-electron chi connectivity index (χ3n) is 2.30. The summed E-state index contributed by atoms with van der Waals surface area (Å²) in [6.07, 6.45) is 3.98. The van der Waals surface area contributed by atoms with Crippen molar-refractivity contribution < 1.29 is 0 Å². The van der Waals surface area contributed by atoms with Gasteiger partial charge in [0.15, 0.2) is 0 Å². The summed E-state index contributed by atoms with van der Waals surface area (Å²) in [5, 5.41) is 1.13. The van der Waals surface area contributed by atoms with Crippen molar-refractivity contribution in [3.63, 3.8) is 0 Å². The van der Waals surface area contributed by atoms with Gasteiger partial charge in [0.05, 0.1) is 16.7 Å². The average Bonchev–Trinajstić information content (AvgIpc) is 2.75. The monoisotopic (exact) mass is 221 g/mol. The number of nitrogens with one attached hydrogen (secondary N) is 1. The van der Waals surface area contributed by atoms with Crippen LogP contribution in [0.4, 0.5) is 0 Å². The van der Waals surface area contributed by atoms with Crippen molar-refractivity contribution in [2.75, 3.05) is 5.43 Å². The van der Waals surface area contributed by atoms with Crippen LogP contribution in [-0.2, 0) is 0 Å². The lowest BCUT2D eigenvalue weighted by atomic mass is 10.2. The van der Waals surface area contributed by atoms with Crippen molar-refractivity contribution in [3.8, 4) is 0 Å². The van der Waals surface area contributed by atoms with E-state index in [1.54, 1.807) is 11.3 Å². The predicted octanol–water partition coefficient (Wildman–Crippen LogP) is 2.87. The molecular weight excluding hydrogens is 206 g/mol. The molecule has 0 radical (unpaired) electrons. The molecule has 15 heavy (non-hydrogen) atoms. The van der Waals surface area contributed by atoms with Gasteiger partial charge in [-0.15, -0.1) is 11.3 Å². The van der Waals surface area contributed by atoms with Crippen LogP contribution in [0.3, 0.4) is 0 Å². The Balaban J connectivity index is 2.14. The SMILES string of the molecule is Cc1nc(C(C)Nn2cccc2)c(C)s1. The van der Waals surface area contributed by atoms with Crippen LogP contribution < -0.4 is 5.43 Å². The summed E-state index contributed by atoms with van der Waals surface area (Å²) in [7, 11) is 0. The normalized spacial score (nSPS) is 12.7. The highest BCUT2D eigenvalue weighted by molar-refractivity contribution is 7.11. The fourth-order valence-corrected chi connectivity index (χ4v) is 2.57. The lowest BCUT2D eigenvalue weighted by molar-refractivity contribution is 0.708. The van der Waals surface area contributed by atoms with Crippen molar-refractivity contribution >= 4 is 11.3 Å². The lowest BCUT2D eigenvalue weighted by Gasteiger charge is -2.14. The van der Waals surface area contributed by atoms with Crippen LogP contribution in [0.1, 0.15) is 28.5 Å². The minimum absolute atomic E-state index is 0.238. The summed E-state index contributed by atoms with van der Waals surface area (Å²) in [6, 6.07) is 4.24. The zero-order valence-corrected chi connectivity index (χ0v) is 10.0. The van der Waals surface area contributed by atoms with Gasteiger partial charge in [0.25, 0.3) is 0 Å². The molecule has 0 aliphatic heterocycles. The van der Waals surface area contributed by atoms with E-state index in [2.05, 4.69) is 24.3 Å². The Morgan fingerprint density at radius 3 is 2.53 bits per heavy atom. The second-order valence-electron chi connectivity index (χ2n) is 3.62. The largest absolute Gasteiger partial charge is 0.318 e. The van der Waals surface area contributed by atoms with Crippen LogP contribution in [-0.4, -0.2) is 9.66 Å². The van der Waals surface area contributed by atoms with Crippen LogP contribution >= 0.6 is 11.3 Å². The van der Waals surface area contributed by atoms with E-state index >= 15 is 0 Å². The Bertz CT molecular complexity index is 431. The number of hydrogen-bond acceptors (Lipinski definition) is 3. The molecule has 2 rings (SSSR count). The molecule has 1 N–H and O–H groups in total. The molecule has 0 aliphatic rings. The van der Waals surface area contributed by atoms with Gasteiger partial charge in [-0.2, -0.15) is 0 Å². The summed E-state index contributed by atoms with van der Waals surface area (Å²) < 4.78 is 1.96. The number of aromatic nitrogens is 2. The van der Waals surface area contributed by atoms with Gasteiger partial charge >= 0.3 is 0 Å². The van der Waals surface area contributed by atoms with Crippen molar-refractivity contribution in [3.05, 3.63) is 40.1 Å². The van der Waals surface area contributed by atoms with E-state index in [0.29, 0.717) is 0 Å². The molecule has 0 aromatic carbocycles. The molecule has 1 unspecified atom stereocenters. The maximum Gasteiger partial charge on any atom is 0.0901 e. The third-order valence-corrected chi connectivity index (χ3v) is 3.20. The Kier molecular flexibility index (Phi) is 2.77. The fourth-order valence-electron chi connectivity index (χ4n) is 1.65. The Hall–Kier alpha value is -1.29. The van der Waals surface area contributed by atoms with E-state index < -0.39 is 0 Å². The number of aryl methyl sites for hydroxylation is 2. The minimum atomic E-state index is 0.238. The predicted molar refractivity (Wildman–Crippen MR) is 63.8 cm³/mol. The molecule has 0 fully saturated rings. The van der Waals surface area contributed by atoms with Crippen LogP contribution in [0.25, 0.3) is 0 Å². The van der Waals surface area contributed by atoms with Gasteiger partial charge in [-0.05, 0) is 32.9 Å². The highest BCUT2D eigenvalue weighted by Gasteiger charge is 2.12. The van der Waals surface area contributed by atoms with Gasteiger partial charge in [0.1, 0.15) is 0 Å². The van der Waals surface area contributed by atoms with Crippen LogP contribution in [0.2, 0.25) is 0 Å². The Morgan fingerprint density at radius 2 is 2.00 bits per heavy atom. The summed E-state index contributed by atoms with van der Waals surface area (Å²) >= 11 is 1.75. The topological polar surface area (TPSA) is 29.9 Å². The average molecular weight is 221 g/mol. The first kappa shape index (κ1) is 10.2. The minimum Gasteiger partial charge on any atom is -0.318 e. The van der Waals surface area contributed by atoms with Crippen LogP contribution in [0.15, 0.2) is 24.5 Å². The quantitative estimate of drug-likeness (QED) is 0.863. The summed E-state index contributed by atoms with van der Waals surface area (Å²) in [6.45, 7) is 6.29. The molecule has 3 nitrogen and oxygen atoms in total. The van der Waals surface area contributed by atoms with Crippen molar-refractivity contribution in [1.82, 2.24) is 9.66 Å². The molecule has 0 aliphatic carbocycles. The molecule has 2 heterocycles. The molecule has 0 saturated heterocycles. The zero-order chi connectivity index (χ0) is 10.8. The van der Waals surface area contributed by atoms with E-state index in [1.165, 1.54) is 4.88 Å². The molecule has 2 aromatic heterocycles. The maximum absolute atomic E-state index is 4.53. The number of nitrogens with zero attached hydrogens (tertiary/aromatic N) is 2. The Labute approximate surface area is 93.7 Å². The van der Waals surface area contributed by atoms with E-state index in [1.807, 2.05) is 36.1 Å². The summed E-state index contributed by atoms with van der Waals surface area (Å²) in [5.74, 6) is 0. The smallest absolute Gasteiger partial charge is 0.0901 e. The number of thiazole rings is 1. The second kappa shape index (κ2) is 4.06. The van der Waals surface area contributed by atoms with Gasteiger partial charge in [-0.25, -0.2) is 4.98 Å². The lowest BCUT2D eigenvalue weighted by Crippen LogP contribution is -2.17. The molecule has 2 aromatic rings. The van der Waals surface area contributed by atoms with Crippen molar-refractivity contribution in [1.29, 1.82) is 0 Å². The van der Waals surface area contributed by atoms with E-state index in [4.69, 9.17) is 0 Å². The van der Waals surface area contributed by atoms with Gasteiger partial charge < -0.3 is 5.43 Å². The van der Waals surface area contributed by atoms with Gasteiger partial charge in [0.2, 0.25) is 0 Å². The Morgan fingerprint density at radius 1 is 1.33 bits per heavy atom. The second-order valence-corrected chi connectivity index (χ2v) is 5.02. The molecule has 0 saturated carbocycles. The van der Waals surface area contributed by atoms with Gasteiger partial charge in [0, 0.05) is 17.3 Å². The number of rotatable bonds is 3. The molecule has 0 bridgehead atoms.